The average molecular weight is 243 g/mol. The van der Waals surface area contributed by atoms with Gasteiger partial charge >= 0.3 is 0 Å². The van der Waals surface area contributed by atoms with Crippen LogP contribution in [0.2, 0.25) is 0 Å². The number of fused-ring (bicyclic) bond motifs is 1. The average Bonchev–Trinajstić information content (AvgIpc) is 2.39. The number of Topliss-reactive ketones (excluding diaryl/α,β-unsaturated/α-hetero) is 1. The lowest BCUT2D eigenvalue weighted by atomic mass is 9.97. The van der Waals surface area contributed by atoms with Crippen molar-refractivity contribution in [1.29, 1.82) is 0 Å². The molecule has 18 heavy (non-hydrogen) atoms. The lowest BCUT2D eigenvalue weighted by molar-refractivity contribution is -0.112. The molecule has 2 rings (SSSR count). The summed E-state index contributed by atoms with van der Waals surface area (Å²) in [7, 11) is 0. The Kier molecular flexibility index (Phi) is 4.68. The summed E-state index contributed by atoms with van der Waals surface area (Å²) in [4.78, 5) is 16.5. The number of ketones is 1. The Morgan fingerprint density at radius 1 is 1.11 bits per heavy atom. The van der Waals surface area contributed by atoms with Crippen molar-refractivity contribution >= 4 is 17.2 Å². The van der Waals surface area contributed by atoms with E-state index in [1.165, 1.54) is 25.7 Å². The zero-order valence-corrected chi connectivity index (χ0v) is 11.1. The Hall–Kier alpha value is -1.44. The number of aliphatic imine (C=N–C) groups is 1. The van der Waals surface area contributed by atoms with Crippen molar-refractivity contribution in [1.82, 2.24) is 0 Å². The van der Waals surface area contributed by atoms with Crippen molar-refractivity contribution in [2.75, 3.05) is 0 Å². The third-order valence-electron chi connectivity index (χ3n) is 3.44. The van der Waals surface area contributed by atoms with Crippen LogP contribution < -0.4 is 0 Å². The predicted molar refractivity (Wildman–Crippen MR) is 75.6 cm³/mol. The molecule has 0 aliphatic carbocycles. The number of para-hydroxylation sites is 1. The minimum Gasteiger partial charge on any atom is -0.292 e. The first-order valence-corrected chi connectivity index (χ1v) is 7.00. The topological polar surface area (TPSA) is 29.4 Å². The van der Waals surface area contributed by atoms with Crippen molar-refractivity contribution < 1.29 is 4.79 Å². The van der Waals surface area contributed by atoms with Gasteiger partial charge in [0.05, 0.1) is 11.4 Å². The van der Waals surface area contributed by atoms with Crippen molar-refractivity contribution in [2.45, 2.75) is 51.9 Å². The number of hydrogen-bond donors (Lipinski definition) is 0. The van der Waals surface area contributed by atoms with Gasteiger partial charge in [0.2, 0.25) is 0 Å². The number of rotatable bonds is 6. The summed E-state index contributed by atoms with van der Waals surface area (Å²) in [5.74, 6) is 0.212. The molecule has 0 unspecified atom stereocenters. The first-order valence-electron chi connectivity index (χ1n) is 7.00. The van der Waals surface area contributed by atoms with E-state index in [1.54, 1.807) is 0 Å². The molecule has 0 N–H and O–H groups in total. The fourth-order valence-corrected chi connectivity index (χ4v) is 2.34. The quantitative estimate of drug-likeness (QED) is 0.687. The van der Waals surface area contributed by atoms with E-state index in [2.05, 4.69) is 11.9 Å². The second kappa shape index (κ2) is 6.48. The molecule has 0 atom stereocenters. The molecular weight excluding hydrogens is 222 g/mol. The van der Waals surface area contributed by atoms with E-state index >= 15 is 0 Å². The van der Waals surface area contributed by atoms with E-state index in [0.717, 1.165) is 29.8 Å². The standard InChI is InChI=1S/C16H21NO/c1-2-3-4-5-6-11-15-16(18)12-13-9-7-8-10-14(13)17-15/h7-10H,2-6,11-12H2,1H3. The van der Waals surface area contributed by atoms with Crippen molar-refractivity contribution in [3.8, 4) is 0 Å². The maximum absolute atomic E-state index is 11.9. The molecule has 1 aliphatic rings. The molecular formula is C16H21NO. The van der Waals surface area contributed by atoms with Crippen LogP contribution in [-0.4, -0.2) is 11.5 Å². The Balaban J connectivity index is 1.92. The van der Waals surface area contributed by atoms with Crippen LogP contribution >= 0.6 is 0 Å². The summed E-state index contributed by atoms with van der Waals surface area (Å²) in [5, 5.41) is 0. The van der Waals surface area contributed by atoms with Gasteiger partial charge in [0.25, 0.3) is 0 Å². The highest BCUT2D eigenvalue weighted by Gasteiger charge is 2.18. The summed E-state index contributed by atoms with van der Waals surface area (Å²) in [5.41, 5.74) is 2.84. The highest BCUT2D eigenvalue weighted by atomic mass is 16.1. The Morgan fingerprint density at radius 3 is 2.72 bits per heavy atom. The maximum Gasteiger partial charge on any atom is 0.181 e. The van der Waals surface area contributed by atoms with Crippen molar-refractivity contribution in [3.63, 3.8) is 0 Å². The normalized spacial score (nSPS) is 14.3. The summed E-state index contributed by atoms with van der Waals surface area (Å²) in [6, 6.07) is 7.95. The van der Waals surface area contributed by atoms with Gasteiger partial charge in [0.1, 0.15) is 0 Å². The molecule has 0 radical (unpaired) electrons. The predicted octanol–water partition coefficient (Wildman–Crippen LogP) is 4.24. The third-order valence-corrected chi connectivity index (χ3v) is 3.44. The van der Waals surface area contributed by atoms with Gasteiger partial charge in [-0.3, -0.25) is 4.79 Å². The van der Waals surface area contributed by atoms with Gasteiger partial charge in [-0.2, -0.15) is 0 Å². The summed E-state index contributed by atoms with van der Waals surface area (Å²) in [6.45, 7) is 2.21. The van der Waals surface area contributed by atoms with Crippen LogP contribution in [0.25, 0.3) is 0 Å². The molecule has 1 aromatic carbocycles. The van der Waals surface area contributed by atoms with Gasteiger partial charge in [-0.05, 0) is 24.5 Å². The van der Waals surface area contributed by atoms with Crippen LogP contribution in [0.4, 0.5) is 5.69 Å². The van der Waals surface area contributed by atoms with Crippen LogP contribution in [0, 0.1) is 0 Å². The molecule has 1 aromatic rings. The maximum atomic E-state index is 11.9. The molecule has 0 amide bonds. The highest BCUT2D eigenvalue weighted by molar-refractivity contribution is 6.41. The van der Waals surface area contributed by atoms with Crippen LogP contribution in [0.1, 0.15) is 51.0 Å². The molecule has 1 aliphatic heterocycles. The van der Waals surface area contributed by atoms with Crippen LogP contribution in [0.15, 0.2) is 29.3 Å². The van der Waals surface area contributed by atoms with Gasteiger partial charge in [0.15, 0.2) is 5.78 Å². The summed E-state index contributed by atoms with van der Waals surface area (Å²) >= 11 is 0. The Bertz CT molecular complexity index is 448. The second-order valence-electron chi connectivity index (χ2n) is 4.95. The Morgan fingerprint density at radius 2 is 1.89 bits per heavy atom. The van der Waals surface area contributed by atoms with Gasteiger partial charge in [-0.15, -0.1) is 0 Å². The number of nitrogens with zero attached hydrogens (tertiary/aromatic N) is 1. The van der Waals surface area contributed by atoms with E-state index in [9.17, 15) is 4.79 Å². The number of hydrogen-bond acceptors (Lipinski definition) is 2. The zero-order valence-electron chi connectivity index (χ0n) is 11.1. The fourth-order valence-electron chi connectivity index (χ4n) is 2.34. The third kappa shape index (κ3) is 3.28. The minimum atomic E-state index is 0.212. The van der Waals surface area contributed by atoms with E-state index in [-0.39, 0.29) is 5.78 Å². The fraction of sp³-hybridized carbons (Fsp3) is 0.500. The van der Waals surface area contributed by atoms with Gasteiger partial charge in [-0.1, -0.05) is 50.8 Å². The number of unbranched alkanes of at least 4 members (excludes halogenated alkanes) is 4. The van der Waals surface area contributed by atoms with Crippen LogP contribution in [0.5, 0.6) is 0 Å². The SMILES string of the molecule is CCCCCCCC1=Nc2ccccc2CC1=O. The molecule has 2 nitrogen and oxygen atoms in total. The van der Waals surface area contributed by atoms with E-state index < -0.39 is 0 Å². The van der Waals surface area contributed by atoms with E-state index in [1.807, 2.05) is 24.3 Å². The molecule has 2 heteroatoms. The largest absolute Gasteiger partial charge is 0.292 e. The lowest BCUT2D eigenvalue weighted by Crippen LogP contribution is -2.19. The molecule has 1 heterocycles. The summed E-state index contributed by atoms with van der Waals surface area (Å²) in [6.07, 6.45) is 7.50. The number of carbonyl (C=O) groups is 1. The molecule has 0 bridgehead atoms. The van der Waals surface area contributed by atoms with Gasteiger partial charge < -0.3 is 0 Å². The monoisotopic (exact) mass is 243 g/mol. The zero-order chi connectivity index (χ0) is 12.8. The smallest absolute Gasteiger partial charge is 0.181 e. The first-order chi connectivity index (χ1) is 8.81. The number of carbonyl (C=O) groups excluding carboxylic acids is 1. The minimum absolute atomic E-state index is 0.212. The Labute approximate surface area is 109 Å². The van der Waals surface area contributed by atoms with Gasteiger partial charge in [0, 0.05) is 6.42 Å². The van der Waals surface area contributed by atoms with Crippen LogP contribution in [-0.2, 0) is 11.2 Å². The van der Waals surface area contributed by atoms with Crippen molar-refractivity contribution in [2.24, 2.45) is 4.99 Å². The molecule has 0 aromatic heterocycles. The first kappa shape index (κ1) is 13.0. The van der Waals surface area contributed by atoms with Gasteiger partial charge in [-0.25, -0.2) is 4.99 Å². The molecule has 0 spiro atoms. The van der Waals surface area contributed by atoms with E-state index in [0.29, 0.717) is 6.42 Å². The lowest BCUT2D eigenvalue weighted by Gasteiger charge is -2.14. The second-order valence-corrected chi connectivity index (χ2v) is 4.95. The van der Waals surface area contributed by atoms with Crippen molar-refractivity contribution in [3.05, 3.63) is 29.8 Å². The summed E-state index contributed by atoms with van der Waals surface area (Å²) < 4.78 is 0. The number of benzene rings is 1. The molecule has 0 saturated heterocycles. The molecule has 0 saturated carbocycles. The molecule has 96 valence electrons. The highest BCUT2D eigenvalue weighted by Crippen LogP contribution is 2.25. The van der Waals surface area contributed by atoms with E-state index in [4.69, 9.17) is 0 Å². The molecule has 0 fully saturated rings. The van der Waals surface area contributed by atoms with Crippen LogP contribution in [0.3, 0.4) is 0 Å².